The quantitative estimate of drug-likeness (QED) is 0.758. The molecule has 0 saturated heterocycles. The molecule has 0 fully saturated rings. The zero-order chi connectivity index (χ0) is 15.7. The van der Waals surface area contributed by atoms with Gasteiger partial charge in [0, 0.05) is 7.05 Å². The van der Waals surface area contributed by atoms with Crippen LogP contribution in [0.2, 0.25) is 0 Å². The van der Waals surface area contributed by atoms with E-state index in [9.17, 15) is 14.4 Å². The molecule has 0 aromatic rings. The molecule has 2 heterocycles. The molecule has 2 aliphatic rings. The standard InChI is InChI=1S/C12H14N2O6S/c1-5-20-11(16)6-7-8(13(2)10(6)15)9(12(17)18-3)21-14(7)19-4/h5H2,1-4H3. The van der Waals surface area contributed by atoms with Crippen LogP contribution in [0.3, 0.4) is 0 Å². The summed E-state index contributed by atoms with van der Waals surface area (Å²) in [6.07, 6.45) is 0. The van der Waals surface area contributed by atoms with Crippen LogP contribution in [-0.4, -0.2) is 41.5 Å². The maximum absolute atomic E-state index is 12.2. The van der Waals surface area contributed by atoms with Gasteiger partial charge in [0.2, 0.25) is 0 Å². The number of aromatic nitrogens is 2. The van der Waals surface area contributed by atoms with Crippen LogP contribution in [0, 0.1) is 0 Å². The van der Waals surface area contributed by atoms with Gasteiger partial charge in [0.15, 0.2) is 10.4 Å². The second-order valence-corrected chi connectivity index (χ2v) is 4.93. The molecule has 0 bridgehead atoms. The summed E-state index contributed by atoms with van der Waals surface area (Å²) in [7, 11) is 4.06. The van der Waals surface area contributed by atoms with Crippen molar-refractivity contribution in [2.45, 2.75) is 6.92 Å². The Morgan fingerprint density at radius 1 is 1.19 bits per heavy atom. The number of carbonyl (C=O) groups excluding carboxylic acids is 2. The highest BCUT2D eigenvalue weighted by atomic mass is 32.1. The maximum Gasteiger partial charge on any atom is 0.351 e. The van der Waals surface area contributed by atoms with Gasteiger partial charge in [-0.1, -0.05) is 0 Å². The summed E-state index contributed by atoms with van der Waals surface area (Å²) in [6, 6.07) is 0. The van der Waals surface area contributed by atoms with Crippen molar-refractivity contribution >= 4 is 23.5 Å². The van der Waals surface area contributed by atoms with Crippen LogP contribution in [-0.2, 0) is 16.5 Å². The monoisotopic (exact) mass is 314 g/mol. The number of fused-ring (bicyclic) bond motifs is 1. The van der Waals surface area contributed by atoms with Crippen LogP contribution in [0.25, 0.3) is 11.4 Å². The van der Waals surface area contributed by atoms with E-state index in [0.717, 1.165) is 11.5 Å². The molecule has 0 radical (unpaired) electrons. The van der Waals surface area contributed by atoms with Gasteiger partial charge < -0.3 is 18.9 Å². The largest absolute Gasteiger partial charge is 0.465 e. The highest BCUT2D eigenvalue weighted by molar-refractivity contribution is 7.09. The summed E-state index contributed by atoms with van der Waals surface area (Å²) in [5.74, 6) is -1.37. The van der Waals surface area contributed by atoms with E-state index in [-0.39, 0.29) is 28.4 Å². The molecular formula is C12H14N2O6S. The average Bonchev–Trinajstić information content (AvgIpc) is 2.96. The molecule has 2 aliphatic heterocycles. The smallest absolute Gasteiger partial charge is 0.351 e. The molecular weight excluding hydrogens is 300 g/mol. The van der Waals surface area contributed by atoms with Crippen LogP contribution in [0.4, 0.5) is 0 Å². The predicted octanol–water partition coefficient (Wildman–Crippen LogP) is 0.375. The molecule has 0 aromatic carbocycles. The van der Waals surface area contributed by atoms with Gasteiger partial charge in [-0.05, 0) is 18.5 Å². The molecule has 0 aromatic heterocycles. The summed E-state index contributed by atoms with van der Waals surface area (Å²) in [5.41, 5.74) is -0.236. The Hall–Kier alpha value is -2.29. The van der Waals surface area contributed by atoms with Crippen molar-refractivity contribution in [3.05, 3.63) is 20.8 Å². The highest BCUT2D eigenvalue weighted by Crippen LogP contribution is 2.34. The number of rotatable bonds is 4. The Kier molecular flexibility index (Phi) is 4.03. The molecule has 0 saturated carbocycles. The van der Waals surface area contributed by atoms with Gasteiger partial charge in [-0.25, -0.2) is 9.59 Å². The Morgan fingerprint density at radius 2 is 1.86 bits per heavy atom. The fourth-order valence-electron chi connectivity index (χ4n) is 2.00. The Morgan fingerprint density at radius 3 is 2.38 bits per heavy atom. The fourth-order valence-corrected chi connectivity index (χ4v) is 2.99. The molecule has 0 atom stereocenters. The molecule has 8 nitrogen and oxygen atoms in total. The molecule has 114 valence electrons. The fraction of sp³-hybridized carbons (Fsp3) is 0.417. The molecule has 0 N–H and O–H groups in total. The predicted molar refractivity (Wildman–Crippen MR) is 74.0 cm³/mol. The zero-order valence-corrected chi connectivity index (χ0v) is 12.8. The van der Waals surface area contributed by atoms with Crippen molar-refractivity contribution in [3.63, 3.8) is 0 Å². The lowest BCUT2D eigenvalue weighted by Gasteiger charge is -2.03. The lowest BCUT2D eigenvalue weighted by atomic mass is 10.2. The third-order valence-electron chi connectivity index (χ3n) is 2.90. The molecule has 21 heavy (non-hydrogen) atoms. The molecule has 0 spiro atoms. The SMILES string of the molecule is CCOC(=O)c1c2n(OC)sc(C(=O)OC)c-2n(C)c1=O. The number of carbonyl (C=O) groups is 2. The molecule has 0 aliphatic carbocycles. The zero-order valence-electron chi connectivity index (χ0n) is 12.0. The summed E-state index contributed by atoms with van der Waals surface area (Å²) in [6.45, 7) is 1.77. The average molecular weight is 314 g/mol. The van der Waals surface area contributed by atoms with Crippen molar-refractivity contribution in [2.24, 2.45) is 7.05 Å². The van der Waals surface area contributed by atoms with Crippen molar-refractivity contribution < 1.29 is 23.9 Å². The van der Waals surface area contributed by atoms with E-state index in [2.05, 4.69) is 4.74 Å². The topological polar surface area (TPSA) is 88.8 Å². The first-order valence-electron chi connectivity index (χ1n) is 6.02. The number of methoxy groups -OCH3 is 1. The third-order valence-corrected chi connectivity index (χ3v) is 3.94. The number of hydrogen-bond acceptors (Lipinski definition) is 7. The summed E-state index contributed by atoms with van der Waals surface area (Å²) >= 11 is 0.937. The first kappa shape index (κ1) is 15.1. The van der Waals surface area contributed by atoms with Crippen molar-refractivity contribution in [2.75, 3.05) is 20.8 Å². The van der Waals surface area contributed by atoms with Crippen molar-refractivity contribution in [1.29, 1.82) is 0 Å². The third kappa shape index (κ3) is 2.19. The van der Waals surface area contributed by atoms with Gasteiger partial charge in [0.05, 0.1) is 19.4 Å². The van der Waals surface area contributed by atoms with Crippen LogP contribution >= 0.6 is 11.5 Å². The lowest BCUT2D eigenvalue weighted by molar-refractivity contribution is 0.0522. The van der Waals surface area contributed by atoms with Gasteiger partial charge >= 0.3 is 11.9 Å². The molecule has 2 rings (SSSR count). The number of ether oxygens (including phenoxy) is 2. The summed E-state index contributed by atoms with van der Waals surface area (Å²) in [4.78, 5) is 41.3. The van der Waals surface area contributed by atoms with Crippen LogP contribution < -0.4 is 10.4 Å². The lowest BCUT2D eigenvalue weighted by Crippen LogP contribution is -2.20. The van der Waals surface area contributed by atoms with E-state index in [4.69, 9.17) is 9.57 Å². The highest BCUT2D eigenvalue weighted by Gasteiger charge is 2.35. The number of nitrogens with zero attached hydrogens (tertiary/aromatic N) is 2. The summed E-state index contributed by atoms with van der Waals surface area (Å²) in [5, 5.41) is 0. The van der Waals surface area contributed by atoms with E-state index in [1.54, 1.807) is 6.92 Å². The second-order valence-electron chi connectivity index (χ2n) is 4.01. The Balaban J connectivity index is 2.77. The first-order valence-corrected chi connectivity index (χ1v) is 6.79. The van der Waals surface area contributed by atoms with Crippen molar-refractivity contribution in [1.82, 2.24) is 8.69 Å². The molecule has 0 unspecified atom stereocenters. The minimum Gasteiger partial charge on any atom is -0.465 e. The van der Waals surface area contributed by atoms with Gasteiger partial charge in [-0.3, -0.25) is 4.79 Å². The number of hydrogen-bond donors (Lipinski definition) is 0. The minimum absolute atomic E-state index is 0.135. The van der Waals surface area contributed by atoms with E-state index >= 15 is 0 Å². The van der Waals surface area contributed by atoms with Crippen LogP contribution in [0.15, 0.2) is 4.79 Å². The summed E-state index contributed by atoms with van der Waals surface area (Å²) < 4.78 is 12.0. The van der Waals surface area contributed by atoms with Gasteiger partial charge in [-0.2, -0.15) is 0 Å². The van der Waals surface area contributed by atoms with E-state index in [0.29, 0.717) is 0 Å². The minimum atomic E-state index is -0.756. The first-order chi connectivity index (χ1) is 9.97. The normalized spacial score (nSPS) is 10.7. The van der Waals surface area contributed by atoms with E-state index in [1.165, 1.54) is 30.0 Å². The van der Waals surface area contributed by atoms with E-state index < -0.39 is 17.5 Å². The Labute approximate surface area is 123 Å². The molecule has 0 amide bonds. The maximum atomic E-state index is 12.2. The van der Waals surface area contributed by atoms with Crippen LogP contribution in [0.1, 0.15) is 27.0 Å². The van der Waals surface area contributed by atoms with Crippen molar-refractivity contribution in [3.8, 4) is 11.4 Å². The number of esters is 2. The van der Waals surface area contributed by atoms with Gasteiger partial charge in [0.25, 0.3) is 5.56 Å². The van der Waals surface area contributed by atoms with Crippen LogP contribution in [0.5, 0.6) is 0 Å². The Bertz CT molecular complexity index is 725. The molecule has 9 heteroatoms. The van der Waals surface area contributed by atoms with E-state index in [1.807, 2.05) is 0 Å². The van der Waals surface area contributed by atoms with Gasteiger partial charge in [0.1, 0.15) is 12.8 Å². The van der Waals surface area contributed by atoms with Gasteiger partial charge in [-0.15, -0.1) is 4.12 Å². The second kappa shape index (κ2) is 5.60.